The van der Waals surface area contributed by atoms with Gasteiger partial charge in [0, 0.05) is 6.42 Å². The van der Waals surface area contributed by atoms with Crippen LogP contribution in [0.5, 0.6) is 5.75 Å². The Morgan fingerprint density at radius 1 is 1.30 bits per heavy atom. The van der Waals surface area contributed by atoms with E-state index in [1.54, 1.807) is 0 Å². The van der Waals surface area contributed by atoms with Gasteiger partial charge in [0.2, 0.25) is 5.91 Å². The highest BCUT2D eigenvalue weighted by Gasteiger charge is 2.24. The van der Waals surface area contributed by atoms with Gasteiger partial charge in [-0.1, -0.05) is 44.5 Å². The minimum Gasteiger partial charge on any atom is -0.493 e. The second-order valence-electron chi connectivity index (χ2n) is 7.29. The van der Waals surface area contributed by atoms with Gasteiger partial charge in [-0.15, -0.1) is 0 Å². The average molecular weight is 363 g/mol. The van der Waals surface area contributed by atoms with Crippen molar-refractivity contribution in [1.29, 1.82) is 0 Å². The van der Waals surface area contributed by atoms with E-state index in [2.05, 4.69) is 30.2 Å². The van der Waals surface area contributed by atoms with E-state index in [9.17, 15) is 4.79 Å². The van der Waals surface area contributed by atoms with Crippen molar-refractivity contribution in [2.24, 2.45) is 5.92 Å². The van der Waals surface area contributed by atoms with Crippen LogP contribution >= 0.6 is 0 Å². The lowest BCUT2D eigenvalue weighted by atomic mass is 9.98. The van der Waals surface area contributed by atoms with E-state index in [1.807, 2.05) is 36.4 Å². The Labute approximate surface area is 159 Å². The molecule has 0 saturated carbocycles. The Kier molecular flexibility index (Phi) is 4.84. The van der Waals surface area contributed by atoms with Crippen molar-refractivity contribution in [3.63, 3.8) is 0 Å². The molecule has 5 nitrogen and oxygen atoms in total. The fraction of sp³-hybridized carbons (Fsp3) is 0.364. The molecule has 1 aliphatic rings. The highest BCUT2D eigenvalue weighted by atomic mass is 16.5. The van der Waals surface area contributed by atoms with E-state index < -0.39 is 0 Å². The summed E-state index contributed by atoms with van der Waals surface area (Å²) in [6, 6.07) is 13.9. The summed E-state index contributed by atoms with van der Waals surface area (Å²) >= 11 is 0. The predicted octanol–water partition coefficient (Wildman–Crippen LogP) is 3.94. The Bertz CT molecular complexity index is 930. The fourth-order valence-corrected chi connectivity index (χ4v) is 3.57. The summed E-state index contributed by atoms with van der Waals surface area (Å²) in [5.41, 5.74) is 4.11. The van der Waals surface area contributed by atoms with Gasteiger partial charge < -0.3 is 15.0 Å². The molecule has 4 rings (SSSR count). The number of aromatic nitrogens is 2. The number of ether oxygens (including phenoxy) is 1. The molecule has 2 aromatic carbocycles. The molecule has 1 aromatic heterocycles. The molecule has 0 spiro atoms. The molecule has 0 radical (unpaired) electrons. The monoisotopic (exact) mass is 363 g/mol. The van der Waals surface area contributed by atoms with Crippen LogP contribution in [0.15, 0.2) is 42.5 Å². The summed E-state index contributed by atoms with van der Waals surface area (Å²) < 4.78 is 5.61. The number of hydrogen-bond donors (Lipinski definition) is 2. The first kappa shape index (κ1) is 17.6. The van der Waals surface area contributed by atoms with Gasteiger partial charge in [-0.2, -0.15) is 0 Å². The molecule has 3 aromatic rings. The Morgan fingerprint density at radius 2 is 2.15 bits per heavy atom. The standard InChI is InChI=1S/C22H25N3O2/c1-3-14(2)21(22-23-17-6-4-5-7-18(17)24-22)25-20(26)13-15-8-9-16-10-11-27-19(16)12-15/h4-9,12,14,21H,3,10-11,13H2,1-2H3,(H,23,24)(H,25,26)/t14-,21+/m0/s1. The smallest absolute Gasteiger partial charge is 0.225 e. The molecule has 0 unspecified atom stereocenters. The Balaban J connectivity index is 1.52. The van der Waals surface area contributed by atoms with E-state index in [0.717, 1.165) is 47.6 Å². The third kappa shape index (κ3) is 3.68. The molecule has 5 heteroatoms. The van der Waals surface area contributed by atoms with Gasteiger partial charge in [0.05, 0.1) is 30.1 Å². The van der Waals surface area contributed by atoms with Crippen LogP contribution in [0.1, 0.15) is 43.3 Å². The van der Waals surface area contributed by atoms with Crippen LogP contribution in [-0.2, 0) is 17.6 Å². The lowest BCUT2D eigenvalue weighted by Crippen LogP contribution is -2.34. The molecule has 2 heterocycles. The van der Waals surface area contributed by atoms with Gasteiger partial charge in [-0.3, -0.25) is 4.79 Å². The SMILES string of the molecule is CC[C@H](C)[C@@H](NC(=O)Cc1ccc2c(c1)OCC2)c1nc2ccccc2[nH]1. The zero-order valence-electron chi connectivity index (χ0n) is 15.8. The van der Waals surface area contributed by atoms with Crippen LogP contribution in [0.2, 0.25) is 0 Å². The number of carbonyl (C=O) groups excluding carboxylic acids is 1. The normalized spacial score (nSPS) is 15.2. The van der Waals surface area contributed by atoms with Gasteiger partial charge in [0.1, 0.15) is 11.6 Å². The first-order chi connectivity index (χ1) is 13.1. The fourth-order valence-electron chi connectivity index (χ4n) is 3.57. The number of H-pyrrole nitrogens is 1. The number of para-hydroxylation sites is 2. The summed E-state index contributed by atoms with van der Waals surface area (Å²) in [5, 5.41) is 3.19. The van der Waals surface area contributed by atoms with Gasteiger partial charge in [0.15, 0.2) is 0 Å². The molecule has 140 valence electrons. The molecule has 0 aliphatic carbocycles. The van der Waals surface area contributed by atoms with Crippen LogP contribution in [0.25, 0.3) is 11.0 Å². The van der Waals surface area contributed by atoms with E-state index >= 15 is 0 Å². The van der Waals surface area contributed by atoms with Crippen molar-refractivity contribution < 1.29 is 9.53 Å². The number of benzene rings is 2. The number of amides is 1. The summed E-state index contributed by atoms with van der Waals surface area (Å²) in [6.45, 7) is 5.00. The average Bonchev–Trinajstić information content (AvgIpc) is 3.31. The first-order valence-corrected chi connectivity index (χ1v) is 9.62. The quantitative estimate of drug-likeness (QED) is 0.697. The molecule has 0 fully saturated rings. The molecule has 0 bridgehead atoms. The number of nitrogens with one attached hydrogen (secondary N) is 2. The van der Waals surface area contributed by atoms with Crippen LogP contribution in [-0.4, -0.2) is 22.5 Å². The topological polar surface area (TPSA) is 67.0 Å². The zero-order valence-corrected chi connectivity index (χ0v) is 15.8. The lowest BCUT2D eigenvalue weighted by molar-refractivity contribution is -0.121. The van der Waals surface area contributed by atoms with Crippen LogP contribution < -0.4 is 10.1 Å². The molecule has 27 heavy (non-hydrogen) atoms. The highest BCUT2D eigenvalue weighted by Crippen LogP contribution is 2.27. The van der Waals surface area contributed by atoms with Crippen LogP contribution in [0.3, 0.4) is 0 Å². The predicted molar refractivity (Wildman–Crippen MR) is 106 cm³/mol. The molecule has 1 aliphatic heterocycles. The van der Waals surface area contributed by atoms with E-state index in [4.69, 9.17) is 9.72 Å². The number of rotatable bonds is 6. The molecule has 2 atom stereocenters. The summed E-state index contributed by atoms with van der Waals surface area (Å²) in [4.78, 5) is 20.8. The number of carbonyl (C=O) groups is 1. The van der Waals surface area contributed by atoms with Crippen LogP contribution in [0, 0.1) is 5.92 Å². The van der Waals surface area contributed by atoms with E-state index in [0.29, 0.717) is 6.42 Å². The highest BCUT2D eigenvalue weighted by molar-refractivity contribution is 5.79. The van der Waals surface area contributed by atoms with Crippen molar-refractivity contribution in [3.05, 3.63) is 59.4 Å². The van der Waals surface area contributed by atoms with Gasteiger partial charge in [0.25, 0.3) is 0 Å². The maximum absolute atomic E-state index is 12.7. The maximum atomic E-state index is 12.7. The second-order valence-corrected chi connectivity index (χ2v) is 7.29. The van der Waals surface area contributed by atoms with Crippen molar-refractivity contribution in [2.45, 2.75) is 39.2 Å². The van der Waals surface area contributed by atoms with Crippen molar-refractivity contribution in [2.75, 3.05) is 6.61 Å². The first-order valence-electron chi connectivity index (χ1n) is 9.62. The Morgan fingerprint density at radius 3 is 2.96 bits per heavy atom. The Hall–Kier alpha value is -2.82. The minimum atomic E-state index is -0.138. The van der Waals surface area contributed by atoms with Crippen molar-refractivity contribution >= 4 is 16.9 Å². The largest absolute Gasteiger partial charge is 0.493 e. The van der Waals surface area contributed by atoms with Gasteiger partial charge in [-0.05, 0) is 35.2 Å². The van der Waals surface area contributed by atoms with Crippen molar-refractivity contribution in [1.82, 2.24) is 15.3 Å². The third-order valence-corrected chi connectivity index (χ3v) is 5.36. The zero-order chi connectivity index (χ0) is 18.8. The molecule has 0 saturated heterocycles. The summed E-state index contributed by atoms with van der Waals surface area (Å²) in [6.07, 6.45) is 2.24. The number of aromatic amines is 1. The van der Waals surface area contributed by atoms with Gasteiger partial charge in [-0.25, -0.2) is 4.98 Å². The molecule has 2 N–H and O–H groups in total. The molecule has 1 amide bonds. The third-order valence-electron chi connectivity index (χ3n) is 5.36. The number of nitrogens with zero attached hydrogens (tertiary/aromatic N) is 1. The summed E-state index contributed by atoms with van der Waals surface area (Å²) in [7, 11) is 0. The van der Waals surface area contributed by atoms with Crippen molar-refractivity contribution in [3.8, 4) is 5.75 Å². The van der Waals surface area contributed by atoms with Crippen LogP contribution in [0.4, 0.5) is 0 Å². The lowest BCUT2D eigenvalue weighted by Gasteiger charge is -2.22. The number of imidazole rings is 1. The number of fused-ring (bicyclic) bond motifs is 2. The molecular weight excluding hydrogens is 338 g/mol. The van der Waals surface area contributed by atoms with Gasteiger partial charge >= 0.3 is 0 Å². The minimum absolute atomic E-state index is 0.00120. The second kappa shape index (κ2) is 7.43. The van der Waals surface area contributed by atoms with E-state index in [1.165, 1.54) is 5.56 Å². The molecular formula is C22H25N3O2. The van der Waals surface area contributed by atoms with E-state index in [-0.39, 0.29) is 17.9 Å². The summed E-state index contributed by atoms with van der Waals surface area (Å²) in [5.74, 6) is 2.00. The number of hydrogen-bond acceptors (Lipinski definition) is 3. The maximum Gasteiger partial charge on any atom is 0.225 e.